The molecule has 0 radical (unpaired) electrons. The Morgan fingerprint density at radius 2 is 0.984 bits per heavy atom. The van der Waals surface area contributed by atoms with E-state index in [1.165, 1.54) is 43.0 Å². The molecule has 5 nitrogen and oxygen atoms in total. The molecule has 288 valence electrons. The van der Waals surface area contributed by atoms with Gasteiger partial charge < -0.3 is 8.98 Å². The monoisotopic (exact) mass is 808 g/mol. The molecule has 6 heteroatoms. The number of furan rings is 1. The highest BCUT2D eigenvalue weighted by Crippen LogP contribution is 2.46. The normalized spacial score (nSPS) is 12.2. The molecule has 0 aliphatic heterocycles. The van der Waals surface area contributed by atoms with Crippen molar-refractivity contribution in [2.75, 3.05) is 0 Å². The van der Waals surface area contributed by atoms with Gasteiger partial charge in [-0.25, -0.2) is 9.97 Å². The van der Waals surface area contributed by atoms with Gasteiger partial charge in [0.05, 0.1) is 49.1 Å². The van der Waals surface area contributed by atoms with E-state index in [9.17, 15) is 0 Å². The molecule has 14 aromatic rings. The highest BCUT2D eigenvalue weighted by atomic mass is 32.1. The van der Waals surface area contributed by atoms with Gasteiger partial charge >= 0.3 is 0 Å². The first-order valence-electron chi connectivity index (χ1n) is 20.9. The molecule has 0 bridgehead atoms. The molecule has 5 heterocycles. The van der Waals surface area contributed by atoms with Gasteiger partial charge in [-0.15, -0.1) is 11.3 Å². The van der Waals surface area contributed by atoms with E-state index in [1.807, 2.05) is 0 Å². The Bertz CT molecular complexity index is 4100. The number of hydrogen-bond donors (Lipinski definition) is 0. The lowest BCUT2D eigenvalue weighted by Crippen LogP contribution is -2.02. The number of thiophene rings is 1. The Hall–Kier alpha value is -8.06. The smallest absolute Gasteiger partial charge is 0.235 e. The van der Waals surface area contributed by atoms with Gasteiger partial charge in [-0.3, -0.25) is 4.57 Å². The summed E-state index contributed by atoms with van der Waals surface area (Å²) < 4.78 is 14.1. The van der Waals surface area contributed by atoms with Crippen LogP contribution in [0, 0.1) is 0 Å². The minimum absolute atomic E-state index is 0.629. The summed E-state index contributed by atoms with van der Waals surface area (Å²) >= 11 is 1.75. The zero-order chi connectivity index (χ0) is 40.5. The van der Waals surface area contributed by atoms with Crippen LogP contribution in [0.2, 0.25) is 0 Å². The van der Waals surface area contributed by atoms with E-state index in [-0.39, 0.29) is 0 Å². The molecule has 9 aromatic carbocycles. The molecule has 5 aromatic heterocycles. The van der Waals surface area contributed by atoms with Gasteiger partial charge in [0.15, 0.2) is 0 Å². The van der Waals surface area contributed by atoms with Crippen LogP contribution in [0.3, 0.4) is 0 Å². The first kappa shape index (κ1) is 33.7. The van der Waals surface area contributed by atoms with Crippen molar-refractivity contribution in [3.05, 3.63) is 194 Å². The number of para-hydroxylation sites is 3. The number of aromatic nitrogens is 4. The molecule has 0 N–H and O–H groups in total. The second kappa shape index (κ2) is 12.7. The summed E-state index contributed by atoms with van der Waals surface area (Å²) in [6, 6.07) is 69.2. The molecule has 0 saturated heterocycles. The summed E-state index contributed by atoms with van der Waals surface area (Å²) in [5.41, 5.74) is 12.4. The van der Waals surface area contributed by atoms with Gasteiger partial charge in [-0.1, -0.05) is 152 Å². The summed E-state index contributed by atoms with van der Waals surface area (Å²) in [7, 11) is 0. The largest absolute Gasteiger partial charge is 0.455 e. The molecule has 0 fully saturated rings. The van der Waals surface area contributed by atoms with Crippen LogP contribution in [-0.2, 0) is 0 Å². The molecule has 0 aliphatic carbocycles. The molecule has 62 heavy (non-hydrogen) atoms. The van der Waals surface area contributed by atoms with Crippen molar-refractivity contribution in [3.63, 3.8) is 0 Å². The average molecular weight is 809 g/mol. The van der Waals surface area contributed by atoms with Crippen LogP contribution >= 0.6 is 11.3 Å². The third-order valence-electron chi connectivity index (χ3n) is 12.8. The molecule has 0 unspecified atom stereocenters. The average Bonchev–Trinajstić information content (AvgIpc) is 4.09. The fourth-order valence-corrected chi connectivity index (χ4v) is 11.2. The lowest BCUT2D eigenvalue weighted by atomic mass is 10.0. The zero-order valence-electron chi connectivity index (χ0n) is 33.1. The third kappa shape index (κ3) is 4.67. The van der Waals surface area contributed by atoms with Crippen LogP contribution in [0.1, 0.15) is 0 Å². The summed E-state index contributed by atoms with van der Waals surface area (Å²) in [6.45, 7) is 0. The fourth-order valence-electron chi connectivity index (χ4n) is 10.0. The number of nitrogens with zero attached hydrogens (tertiary/aromatic N) is 4. The molecule has 0 atom stereocenters. The minimum atomic E-state index is 0.629. The minimum Gasteiger partial charge on any atom is -0.455 e. The number of rotatable bonds is 4. The fraction of sp³-hybridized carbons (Fsp3) is 0. The molecule has 0 spiro atoms. The molecule has 14 rings (SSSR count). The second-order valence-electron chi connectivity index (χ2n) is 16.1. The Morgan fingerprint density at radius 3 is 1.73 bits per heavy atom. The molecule has 0 aliphatic rings. The van der Waals surface area contributed by atoms with E-state index < -0.39 is 0 Å². The summed E-state index contributed by atoms with van der Waals surface area (Å²) in [5.74, 6) is 0.629. The number of benzene rings is 9. The zero-order valence-corrected chi connectivity index (χ0v) is 33.9. The van der Waals surface area contributed by atoms with Crippen molar-refractivity contribution in [2.45, 2.75) is 0 Å². The van der Waals surface area contributed by atoms with Gasteiger partial charge in [-0.2, -0.15) is 0 Å². The van der Waals surface area contributed by atoms with Crippen molar-refractivity contribution >= 4 is 108 Å². The highest BCUT2D eigenvalue weighted by molar-refractivity contribution is 7.26. The van der Waals surface area contributed by atoms with Crippen molar-refractivity contribution in [2.24, 2.45) is 0 Å². The van der Waals surface area contributed by atoms with E-state index in [2.05, 4.69) is 203 Å². The van der Waals surface area contributed by atoms with Gasteiger partial charge in [-0.05, 0) is 52.9 Å². The third-order valence-corrected chi connectivity index (χ3v) is 13.9. The van der Waals surface area contributed by atoms with Crippen LogP contribution in [0.4, 0.5) is 0 Å². The molecule has 0 saturated carbocycles. The second-order valence-corrected chi connectivity index (χ2v) is 17.1. The van der Waals surface area contributed by atoms with Gasteiger partial charge in [0, 0.05) is 54.0 Å². The van der Waals surface area contributed by atoms with E-state index >= 15 is 0 Å². The van der Waals surface area contributed by atoms with Gasteiger partial charge in [0.1, 0.15) is 11.2 Å². The summed E-state index contributed by atoms with van der Waals surface area (Å²) in [5, 5.41) is 10.3. The quantitative estimate of drug-likeness (QED) is 0.178. The van der Waals surface area contributed by atoms with Crippen molar-refractivity contribution in [1.29, 1.82) is 0 Å². The molecular weight excluding hydrogens is 777 g/mol. The Balaban J connectivity index is 1.04. The van der Waals surface area contributed by atoms with E-state index in [0.717, 1.165) is 81.7 Å². The first-order valence-corrected chi connectivity index (χ1v) is 21.7. The van der Waals surface area contributed by atoms with Gasteiger partial charge in [0.25, 0.3) is 0 Å². The van der Waals surface area contributed by atoms with Crippen LogP contribution < -0.4 is 0 Å². The first-order chi connectivity index (χ1) is 30.8. The molecule has 0 amide bonds. The van der Waals surface area contributed by atoms with E-state index in [0.29, 0.717) is 5.95 Å². The SMILES string of the molecule is c1ccc(-c2ccc(-c3nc(-n4c5ccccc5c5c6oc7cc(-n8c9ccccc9c9ccccc98)c8ccccc8c7c6ccc54)nc4c3sc3ccccc34)cc2)cc1. The number of fused-ring (bicyclic) bond motifs is 15. The van der Waals surface area contributed by atoms with Crippen molar-refractivity contribution < 1.29 is 4.42 Å². The molecular formula is C56H32N4OS. The van der Waals surface area contributed by atoms with Crippen LogP contribution in [0.15, 0.2) is 199 Å². The maximum absolute atomic E-state index is 7.18. The predicted molar refractivity (Wildman–Crippen MR) is 259 cm³/mol. The number of hydrogen-bond acceptors (Lipinski definition) is 4. The topological polar surface area (TPSA) is 48.8 Å². The lowest BCUT2D eigenvalue weighted by Gasteiger charge is -2.12. The Kier molecular flexibility index (Phi) is 6.92. The van der Waals surface area contributed by atoms with E-state index in [4.69, 9.17) is 14.4 Å². The summed E-state index contributed by atoms with van der Waals surface area (Å²) in [6.07, 6.45) is 0. The van der Waals surface area contributed by atoms with Crippen molar-refractivity contribution in [1.82, 2.24) is 19.1 Å². The lowest BCUT2D eigenvalue weighted by molar-refractivity contribution is 0.673. The van der Waals surface area contributed by atoms with Crippen molar-refractivity contribution in [3.8, 4) is 34.0 Å². The highest BCUT2D eigenvalue weighted by Gasteiger charge is 2.24. The van der Waals surface area contributed by atoms with E-state index in [1.54, 1.807) is 11.3 Å². The van der Waals surface area contributed by atoms with Gasteiger partial charge in [0.2, 0.25) is 5.95 Å². The predicted octanol–water partition coefficient (Wildman–Crippen LogP) is 15.4. The van der Waals surface area contributed by atoms with Crippen LogP contribution in [0.25, 0.3) is 131 Å². The maximum atomic E-state index is 7.18. The Morgan fingerprint density at radius 1 is 0.403 bits per heavy atom. The standard InChI is InChI=1S/C56H32N4OS/c1-2-14-33(15-3-1)34-26-28-35(29-27-34)52-55-53(41-21-9-13-25-49(41)62-55)58-56(57-52)60-45-24-12-8-20-40(45)51-46(60)31-30-42-50-39-19-5-4-18-38(39)47(32-48(50)61-54(42)51)59-43-22-10-6-16-36(43)37-17-7-11-23-44(37)59/h1-32H. The maximum Gasteiger partial charge on any atom is 0.235 e. The van der Waals surface area contributed by atoms with Crippen LogP contribution in [-0.4, -0.2) is 19.1 Å². The Labute approximate surface area is 358 Å². The summed E-state index contributed by atoms with van der Waals surface area (Å²) in [4.78, 5) is 10.9. The van der Waals surface area contributed by atoms with Crippen LogP contribution in [0.5, 0.6) is 0 Å².